The van der Waals surface area contributed by atoms with Crippen LogP contribution in [0.3, 0.4) is 0 Å². The second kappa shape index (κ2) is 6.53. The van der Waals surface area contributed by atoms with Gasteiger partial charge in [0.25, 0.3) is 0 Å². The Bertz CT molecular complexity index is 193. The summed E-state index contributed by atoms with van der Waals surface area (Å²) in [6.45, 7) is 6.94. The highest BCUT2D eigenvalue weighted by atomic mass is 16.3. The Morgan fingerprint density at radius 3 is 2.08 bits per heavy atom. The average molecular weight is 167 g/mol. The van der Waals surface area contributed by atoms with Gasteiger partial charge in [0.15, 0.2) is 0 Å². The molecule has 0 unspecified atom stereocenters. The van der Waals surface area contributed by atoms with Gasteiger partial charge in [0.1, 0.15) is 5.75 Å². The third-order valence-corrected chi connectivity index (χ3v) is 1.25. The van der Waals surface area contributed by atoms with Crippen LogP contribution in [0.2, 0.25) is 0 Å². The van der Waals surface area contributed by atoms with Crippen molar-refractivity contribution in [1.82, 2.24) is 0 Å². The molecule has 1 aromatic rings. The van der Waals surface area contributed by atoms with E-state index in [0.29, 0.717) is 5.75 Å². The molecule has 0 radical (unpaired) electrons. The summed E-state index contributed by atoms with van der Waals surface area (Å²) in [5.41, 5.74) is 1.04. The predicted octanol–water partition coefficient (Wildman–Crippen LogP) is 2.85. The van der Waals surface area contributed by atoms with E-state index in [-0.39, 0.29) is 0 Å². The number of phenolic OH excluding ortho intramolecular Hbond substituents is 1. The van der Waals surface area contributed by atoms with Gasteiger partial charge in [0.05, 0.1) is 0 Å². The highest BCUT2D eigenvalue weighted by molar-refractivity contribution is 5.45. The molecule has 0 saturated heterocycles. The minimum atomic E-state index is 0.307. The van der Waals surface area contributed by atoms with Crippen molar-refractivity contribution in [3.63, 3.8) is 0 Å². The Kier molecular flexibility index (Phi) is 5.88. The fourth-order valence-corrected chi connectivity index (χ4v) is 0.783. The largest absolute Gasteiger partial charge is 0.508 e. The second-order valence-corrected chi connectivity index (χ2v) is 2.08. The number of aromatic hydroxyl groups is 1. The van der Waals surface area contributed by atoms with Crippen molar-refractivity contribution in [2.45, 2.75) is 20.8 Å². The number of anilines is 1. The lowest BCUT2D eigenvalue weighted by molar-refractivity contribution is 0.475. The van der Waals surface area contributed by atoms with Gasteiger partial charge in [0.2, 0.25) is 0 Å². The fraction of sp³-hybridized carbons (Fsp3) is 0.400. The molecule has 68 valence electrons. The van der Waals surface area contributed by atoms with Crippen molar-refractivity contribution in [2.75, 3.05) is 11.9 Å². The number of benzene rings is 1. The molecule has 0 heterocycles. The van der Waals surface area contributed by atoms with E-state index in [4.69, 9.17) is 5.11 Å². The van der Waals surface area contributed by atoms with Crippen LogP contribution in [0.15, 0.2) is 24.3 Å². The molecule has 0 aliphatic rings. The van der Waals surface area contributed by atoms with E-state index in [2.05, 4.69) is 5.32 Å². The van der Waals surface area contributed by atoms with Gasteiger partial charge >= 0.3 is 0 Å². The Morgan fingerprint density at radius 2 is 1.67 bits per heavy atom. The summed E-state index contributed by atoms with van der Waals surface area (Å²) in [6.07, 6.45) is 0. The first kappa shape index (κ1) is 10.8. The van der Waals surface area contributed by atoms with Crippen molar-refractivity contribution in [2.24, 2.45) is 0 Å². The van der Waals surface area contributed by atoms with Gasteiger partial charge < -0.3 is 10.4 Å². The van der Waals surface area contributed by atoms with Crippen LogP contribution in [-0.4, -0.2) is 11.7 Å². The summed E-state index contributed by atoms with van der Waals surface area (Å²) in [7, 11) is 0. The highest BCUT2D eigenvalue weighted by Crippen LogP contribution is 2.12. The molecule has 0 aliphatic carbocycles. The van der Waals surface area contributed by atoms with Gasteiger partial charge in [-0.3, -0.25) is 0 Å². The Hall–Kier alpha value is -1.18. The van der Waals surface area contributed by atoms with Crippen LogP contribution in [0.5, 0.6) is 5.75 Å². The molecule has 1 aromatic carbocycles. The molecule has 12 heavy (non-hydrogen) atoms. The van der Waals surface area contributed by atoms with E-state index in [1.54, 1.807) is 12.1 Å². The molecule has 0 aromatic heterocycles. The molecule has 0 atom stereocenters. The van der Waals surface area contributed by atoms with Crippen molar-refractivity contribution in [3.05, 3.63) is 24.3 Å². The van der Waals surface area contributed by atoms with Gasteiger partial charge in [0, 0.05) is 12.2 Å². The lowest BCUT2D eigenvalue weighted by Crippen LogP contribution is -1.94. The molecule has 0 spiro atoms. The molecule has 1 rings (SSSR count). The maximum Gasteiger partial charge on any atom is 0.115 e. The summed E-state index contributed by atoms with van der Waals surface area (Å²) < 4.78 is 0. The zero-order valence-electron chi connectivity index (χ0n) is 7.96. The number of hydrogen-bond acceptors (Lipinski definition) is 2. The van der Waals surface area contributed by atoms with Crippen LogP contribution >= 0.6 is 0 Å². The van der Waals surface area contributed by atoms with Gasteiger partial charge in [-0.1, -0.05) is 13.8 Å². The standard InChI is InChI=1S/C8H11NO.C2H6/c1-2-9-7-3-5-8(10)6-4-7;1-2/h3-6,9-10H,2H2,1H3;1-2H3. The summed E-state index contributed by atoms with van der Waals surface area (Å²) >= 11 is 0. The second-order valence-electron chi connectivity index (χ2n) is 2.08. The normalized spacial score (nSPS) is 8.25. The molecule has 0 amide bonds. The maximum absolute atomic E-state index is 8.90. The van der Waals surface area contributed by atoms with Crippen LogP contribution in [0.25, 0.3) is 0 Å². The first-order valence-corrected chi connectivity index (χ1v) is 4.36. The van der Waals surface area contributed by atoms with E-state index in [1.807, 2.05) is 32.9 Å². The minimum Gasteiger partial charge on any atom is -0.508 e. The van der Waals surface area contributed by atoms with Crippen molar-refractivity contribution in [3.8, 4) is 5.75 Å². The fourth-order valence-electron chi connectivity index (χ4n) is 0.783. The molecule has 2 heteroatoms. The van der Waals surface area contributed by atoms with E-state index in [1.165, 1.54) is 0 Å². The Labute approximate surface area is 74.2 Å². The van der Waals surface area contributed by atoms with Crippen LogP contribution in [0.4, 0.5) is 5.69 Å². The Morgan fingerprint density at radius 1 is 1.17 bits per heavy atom. The third-order valence-electron chi connectivity index (χ3n) is 1.25. The van der Waals surface area contributed by atoms with Crippen LogP contribution < -0.4 is 5.32 Å². The quantitative estimate of drug-likeness (QED) is 0.664. The van der Waals surface area contributed by atoms with E-state index in [9.17, 15) is 0 Å². The highest BCUT2D eigenvalue weighted by Gasteiger charge is 1.87. The van der Waals surface area contributed by atoms with Gasteiger partial charge in [-0.15, -0.1) is 0 Å². The molecular formula is C10H17NO. The minimum absolute atomic E-state index is 0.307. The summed E-state index contributed by atoms with van der Waals surface area (Å²) in [5, 5.41) is 12.0. The monoisotopic (exact) mass is 167 g/mol. The number of phenols is 1. The number of nitrogens with one attached hydrogen (secondary N) is 1. The maximum atomic E-state index is 8.90. The van der Waals surface area contributed by atoms with Gasteiger partial charge in [-0.2, -0.15) is 0 Å². The lowest BCUT2D eigenvalue weighted by atomic mass is 10.3. The van der Waals surface area contributed by atoms with Crippen molar-refractivity contribution < 1.29 is 5.11 Å². The van der Waals surface area contributed by atoms with Crippen LogP contribution in [0, 0.1) is 0 Å². The zero-order chi connectivity index (χ0) is 9.40. The third kappa shape index (κ3) is 3.86. The van der Waals surface area contributed by atoms with E-state index >= 15 is 0 Å². The number of hydrogen-bond donors (Lipinski definition) is 2. The Balaban J connectivity index is 0.000000561. The van der Waals surface area contributed by atoms with Crippen molar-refractivity contribution in [1.29, 1.82) is 0 Å². The lowest BCUT2D eigenvalue weighted by Gasteiger charge is -2.00. The first-order valence-electron chi connectivity index (χ1n) is 4.36. The topological polar surface area (TPSA) is 32.3 Å². The summed E-state index contributed by atoms with van der Waals surface area (Å²) in [4.78, 5) is 0. The average Bonchev–Trinajstić information content (AvgIpc) is 2.13. The number of rotatable bonds is 2. The summed E-state index contributed by atoms with van der Waals surface area (Å²) in [6, 6.07) is 7.02. The molecule has 0 aliphatic heterocycles. The molecule has 2 N–H and O–H groups in total. The SMILES string of the molecule is CC.CCNc1ccc(O)cc1. The van der Waals surface area contributed by atoms with E-state index in [0.717, 1.165) is 12.2 Å². The smallest absolute Gasteiger partial charge is 0.115 e. The molecule has 2 nitrogen and oxygen atoms in total. The van der Waals surface area contributed by atoms with Gasteiger partial charge in [-0.05, 0) is 31.2 Å². The van der Waals surface area contributed by atoms with E-state index < -0.39 is 0 Å². The molecule has 0 bridgehead atoms. The van der Waals surface area contributed by atoms with Crippen LogP contribution in [-0.2, 0) is 0 Å². The predicted molar refractivity (Wildman–Crippen MR) is 53.6 cm³/mol. The zero-order valence-corrected chi connectivity index (χ0v) is 7.96. The molecular weight excluding hydrogens is 150 g/mol. The molecule has 0 saturated carbocycles. The first-order chi connectivity index (χ1) is 5.83. The summed E-state index contributed by atoms with van der Waals surface area (Å²) in [5.74, 6) is 0.307. The van der Waals surface area contributed by atoms with Crippen LogP contribution in [0.1, 0.15) is 20.8 Å². The molecule has 0 fully saturated rings. The van der Waals surface area contributed by atoms with Crippen molar-refractivity contribution >= 4 is 5.69 Å². The van der Waals surface area contributed by atoms with Gasteiger partial charge in [-0.25, -0.2) is 0 Å².